The van der Waals surface area contributed by atoms with Gasteiger partial charge in [0.1, 0.15) is 0 Å². The van der Waals surface area contributed by atoms with Crippen molar-refractivity contribution in [3.8, 4) is 5.75 Å². The molecular formula is C18H22F2O3. The molecule has 0 amide bonds. The van der Waals surface area contributed by atoms with Crippen LogP contribution in [0.5, 0.6) is 5.75 Å². The molecule has 0 bridgehead atoms. The summed E-state index contributed by atoms with van der Waals surface area (Å²) in [5.41, 5.74) is 0.568. The summed E-state index contributed by atoms with van der Waals surface area (Å²) in [4.78, 5) is 12.2. The lowest BCUT2D eigenvalue weighted by molar-refractivity contribution is -0.116. The molecule has 0 aliphatic carbocycles. The number of rotatable bonds is 7. The summed E-state index contributed by atoms with van der Waals surface area (Å²) in [6.07, 6.45) is 4.50. The Kier molecular flexibility index (Phi) is 6.28. The Bertz CT molecular complexity index is 596. The van der Waals surface area contributed by atoms with Gasteiger partial charge in [-0.15, -0.1) is 0 Å². The molecule has 1 unspecified atom stereocenters. The minimum absolute atomic E-state index is 0.0348. The molecule has 0 saturated heterocycles. The van der Waals surface area contributed by atoms with Crippen LogP contribution in [0, 0.1) is 11.6 Å². The molecule has 1 heterocycles. The van der Waals surface area contributed by atoms with Gasteiger partial charge in [0.25, 0.3) is 0 Å². The zero-order valence-electron chi connectivity index (χ0n) is 13.5. The van der Waals surface area contributed by atoms with Crippen LogP contribution in [-0.4, -0.2) is 25.1 Å². The first kappa shape index (κ1) is 17.6. The van der Waals surface area contributed by atoms with Gasteiger partial charge in [-0.2, -0.15) is 4.39 Å². The minimum atomic E-state index is -1.05. The third-order valence-electron chi connectivity index (χ3n) is 3.85. The van der Waals surface area contributed by atoms with Crippen molar-refractivity contribution < 1.29 is 23.0 Å². The van der Waals surface area contributed by atoms with E-state index < -0.39 is 11.6 Å². The highest BCUT2D eigenvalue weighted by Gasteiger charge is 2.21. The molecule has 1 aliphatic heterocycles. The molecule has 0 aromatic heterocycles. The van der Waals surface area contributed by atoms with Crippen molar-refractivity contribution in [3.63, 3.8) is 0 Å². The van der Waals surface area contributed by atoms with E-state index in [1.807, 2.05) is 6.08 Å². The molecule has 0 N–H and O–H groups in total. The fraction of sp³-hybridized carbons (Fsp3) is 0.500. The lowest BCUT2D eigenvalue weighted by Gasteiger charge is -2.22. The van der Waals surface area contributed by atoms with Gasteiger partial charge in [0.15, 0.2) is 17.3 Å². The molecule has 0 spiro atoms. The molecule has 1 aromatic rings. The molecule has 0 fully saturated rings. The third-order valence-corrected chi connectivity index (χ3v) is 3.85. The monoisotopic (exact) mass is 324 g/mol. The quantitative estimate of drug-likeness (QED) is 0.761. The van der Waals surface area contributed by atoms with Crippen molar-refractivity contribution in [1.29, 1.82) is 0 Å². The van der Waals surface area contributed by atoms with Gasteiger partial charge in [-0.3, -0.25) is 4.79 Å². The van der Waals surface area contributed by atoms with E-state index in [2.05, 4.69) is 6.92 Å². The maximum Gasteiger partial charge on any atom is 0.200 e. The Morgan fingerprint density at radius 3 is 2.70 bits per heavy atom. The van der Waals surface area contributed by atoms with E-state index in [0.29, 0.717) is 12.0 Å². The second-order valence-electron chi connectivity index (χ2n) is 5.57. The predicted molar refractivity (Wildman–Crippen MR) is 83.6 cm³/mol. The summed E-state index contributed by atoms with van der Waals surface area (Å²) in [5, 5.41) is 0. The van der Waals surface area contributed by atoms with Crippen molar-refractivity contribution in [2.75, 3.05) is 13.2 Å². The number of hydrogen-bond donors (Lipinski definition) is 0. The normalized spacial score (nSPS) is 17.7. The topological polar surface area (TPSA) is 35.5 Å². The first-order valence-electron chi connectivity index (χ1n) is 8.00. The van der Waals surface area contributed by atoms with Gasteiger partial charge in [-0.1, -0.05) is 25.5 Å². The number of ether oxygens (including phenoxy) is 2. The molecule has 3 nitrogen and oxygen atoms in total. The lowest BCUT2D eigenvalue weighted by Crippen LogP contribution is -2.23. The summed E-state index contributed by atoms with van der Waals surface area (Å²) in [6.45, 7) is 4.26. The molecule has 1 aliphatic rings. The number of hydrogen-bond acceptors (Lipinski definition) is 3. The van der Waals surface area contributed by atoms with Crippen molar-refractivity contribution in [1.82, 2.24) is 0 Å². The van der Waals surface area contributed by atoms with E-state index in [-0.39, 0.29) is 42.8 Å². The van der Waals surface area contributed by atoms with Crippen LogP contribution in [0.1, 0.15) is 38.7 Å². The van der Waals surface area contributed by atoms with Crippen LogP contribution in [-0.2, 0) is 16.0 Å². The van der Waals surface area contributed by atoms with Gasteiger partial charge in [0.2, 0.25) is 5.82 Å². The van der Waals surface area contributed by atoms with Crippen LogP contribution in [0.15, 0.2) is 23.8 Å². The van der Waals surface area contributed by atoms with Gasteiger partial charge in [0, 0.05) is 12.0 Å². The molecule has 126 valence electrons. The smallest absolute Gasteiger partial charge is 0.200 e. The van der Waals surface area contributed by atoms with Crippen LogP contribution in [0.25, 0.3) is 0 Å². The van der Waals surface area contributed by atoms with Crippen molar-refractivity contribution in [3.05, 3.63) is 41.0 Å². The number of Topliss-reactive ketones (excluding diaryl/α,β-unsaturated/α-hetero) is 1. The molecule has 1 atom stereocenters. The molecule has 1 aromatic carbocycles. The average molecular weight is 324 g/mol. The zero-order valence-corrected chi connectivity index (χ0v) is 13.5. The molecule has 2 rings (SSSR count). The second-order valence-corrected chi connectivity index (χ2v) is 5.57. The lowest BCUT2D eigenvalue weighted by atomic mass is 9.98. The highest BCUT2D eigenvalue weighted by atomic mass is 19.2. The number of carbonyl (C=O) groups excluding carboxylic acids is 1. The van der Waals surface area contributed by atoms with E-state index in [1.165, 1.54) is 12.1 Å². The number of carbonyl (C=O) groups is 1. The fourth-order valence-electron chi connectivity index (χ4n) is 2.59. The zero-order chi connectivity index (χ0) is 16.8. The first-order valence-corrected chi connectivity index (χ1v) is 8.00. The number of ketones is 1. The van der Waals surface area contributed by atoms with Gasteiger partial charge in [-0.05, 0) is 31.4 Å². The highest BCUT2D eigenvalue weighted by Crippen LogP contribution is 2.24. The van der Waals surface area contributed by atoms with E-state index in [9.17, 15) is 13.6 Å². The van der Waals surface area contributed by atoms with Crippen molar-refractivity contribution in [2.24, 2.45) is 0 Å². The summed E-state index contributed by atoms with van der Waals surface area (Å²) in [7, 11) is 0. The Balaban J connectivity index is 2.05. The summed E-state index contributed by atoms with van der Waals surface area (Å²) >= 11 is 0. The van der Waals surface area contributed by atoms with Gasteiger partial charge in [0.05, 0.1) is 19.3 Å². The number of benzene rings is 1. The molecule has 23 heavy (non-hydrogen) atoms. The van der Waals surface area contributed by atoms with E-state index in [0.717, 1.165) is 12.8 Å². The third kappa shape index (κ3) is 4.38. The van der Waals surface area contributed by atoms with Gasteiger partial charge < -0.3 is 9.47 Å². The van der Waals surface area contributed by atoms with Crippen LogP contribution in [0.2, 0.25) is 0 Å². The summed E-state index contributed by atoms with van der Waals surface area (Å²) in [6, 6.07) is 2.75. The van der Waals surface area contributed by atoms with E-state index in [1.54, 1.807) is 6.92 Å². The fourth-order valence-corrected chi connectivity index (χ4v) is 2.59. The van der Waals surface area contributed by atoms with E-state index in [4.69, 9.17) is 9.47 Å². The maximum atomic E-state index is 14.0. The summed E-state index contributed by atoms with van der Waals surface area (Å²) < 4.78 is 38.5. The van der Waals surface area contributed by atoms with Crippen LogP contribution in [0.4, 0.5) is 8.78 Å². The maximum absolute atomic E-state index is 14.0. The number of halogens is 2. The van der Waals surface area contributed by atoms with Crippen molar-refractivity contribution >= 4 is 5.78 Å². The summed E-state index contributed by atoms with van der Waals surface area (Å²) in [5.74, 6) is -2.44. The molecular weight excluding hydrogens is 302 g/mol. The Morgan fingerprint density at radius 2 is 2.09 bits per heavy atom. The Morgan fingerprint density at radius 1 is 1.30 bits per heavy atom. The first-order chi connectivity index (χ1) is 11.1. The second kappa shape index (κ2) is 8.20. The molecule has 0 radical (unpaired) electrons. The Hall–Kier alpha value is -1.75. The van der Waals surface area contributed by atoms with Gasteiger partial charge >= 0.3 is 0 Å². The van der Waals surface area contributed by atoms with Crippen molar-refractivity contribution in [2.45, 2.75) is 45.6 Å². The minimum Gasteiger partial charge on any atom is -0.491 e. The van der Waals surface area contributed by atoms with Crippen LogP contribution < -0.4 is 4.74 Å². The SMILES string of the molecule is CCCC1CC=C(C(=O)Cc2ccc(OCC)c(F)c2F)CO1. The predicted octanol–water partition coefficient (Wildman–Crippen LogP) is 3.99. The molecule has 0 saturated carbocycles. The largest absolute Gasteiger partial charge is 0.491 e. The van der Waals surface area contributed by atoms with E-state index >= 15 is 0 Å². The highest BCUT2D eigenvalue weighted by molar-refractivity contribution is 5.97. The van der Waals surface area contributed by atoms with Gasteiger partial charge in [-0.25, -0.2) is 4.39 Å². The van der Waals surface area contributed by atoms with Crippen LogP contribution >= 0.6 is 0 Å². The average Bonchev–Trinajstić information content (AvgIpc) is 2.55. The standard InChI is InChI=1S/C18H22F2O3/c1-3-5-14-8-6-13(11-23-14)15(21)10-12-7-9-16(22-4-2)18(20)17(12)19/h6-7,9,14H,3-5,8,10-11H2,1-2H3. The molecule has 5 heteroatoms. The van der Waals surface area contributed by atoms with Crippen LogP contribution in [0.3, 0.4) is 0 Å². The Labute approximate surface area is 135 Å².